The molecule has 1 aromatic heterocycles. The molecule has 0 fully saturated rings. The number of aromatic nitrogens is 3. The average Bonchev–Trinajstić information content (AvgIpc) is 3.07. The minimum atomic E-state index is 0.652. The van der Waals surface area contributed by atoms with Gasteiger partial charge in [0.05, 0.1) is 0 Å². The predicted octanol–water partition coefficient (Wildman–Crippen LogP) is 9.28. The van der Waals surface area contributed by atoms with Gasteiger partial charge in [-0.25, -0.2) is 15.0 Å². The molecule has 0 aliphatic carbocycles. The normalized spacial score (nSPS) is 12.3. The first kappa shape index (κ1) is 24.2. The molecule has 8 rings (SSSR count). The van der Waals surface area contributed by atoms with Crippen LogP contribution in [0.5, 0.6) is 0 Å². The van der Waals surface area contributed by atoms with E-state index in [-0.39, 0.29) is 0 Å². The summed E-state index contributed by atoms with van der Waals surface area (Å²) in [5.41, 5.74) is 7.59. The van der Waals surface area contributed by atoms with Crippen molar-refractivity contribution < 1.29 is 0 Å². The summed E-state index contributed by atoms with van der Waals surface area (Å²) in [5.74, 6) is 1.97. The largest absolute Gasteiger partial charge is 0.381 e. The van der Waals surface area contributed by atoms with Crippen molar-refractivity contribution in [1.29, 1.82) is 0 Å². The summed E-state index contributed by atoms with van der Waals surface area (Å²) in [5, 5.41) is 8.22. The number of hydrogen-bond donors (Lipinski definition) is 1. The van der Waals surface area contributed by atoms with Gasteiger partial charge in [-0.1, -0.05) is 127 Å². The fraction of sp³-hybridized carbons (Fsp3) is 0.0263. The van der Waals surface area contributed by atoms with Crippen molar-refractivity contribution in [3.05, 3.63) is 139 Å². The van der Waals surface area contributed by atoms with Crippen molar-refractivity contribution in [3.63, 3.8) is 0 Å². The van der Waals surface area contributed by atoms with Crippen LogP contribution >= 0.6 is 0 Å². The zero-order valence-corrected chi connectivity index (χ0v) is 22.8. The lowest BCUT2D eigenvalue weighted by Crippen LogP contribution is -2.05. The fourth-order valence-corrected chi connectivity index (χ4v) is 5.71. The second-order valence-electron chi connectivity index (χ2n) is 10.6. The number of nitrogens with zero attached hydrogens (tertiary/aromatic N) is 3. The van der Waals surface area contributed by atoms with Crippen LogP contribution in [0.4, 0.5) is 5.69 Å². The fourth-order valence-electron chi connectivity index (χ4n) is 5.71. The van der Waals surface area contributed by atoms with Crippen LogP contribution in [-0.2, 0) is 0 Å². The second-order valence-corrected chi connectivity index (χ2v) is 10.6. The van der Waals surface area contributed by atoms with Gasteiger partial charge in [-0.3, -0.25) is 0 Å². The van der Waals surface area contributed by atoms with Gasteiger partial charge in [-0.05, 0) is 44.8 Å². The Morgan fingerprint density at radius 1 is 0.452 bits per heavy atom. The Labute approximate surface area is 244 Å². The van der Waals surface area contributed by atoms with Crippen molar-refractivity contribution in [2.75, 3.05) is 11.9 Å². The van der Waals surface area contributed by atoms with Crippen molar-refractivity contribution in [3.8, 4) is 45.3 Å². The van der Waals surface area contributed by atoms with Gasteiger partial charge in [0, 0.05) is 34.5 Å². The molecule has 0 saturated carbocycles. The summed E-state index contributed by atoms with van der Waals surface area (Å²) < 4.78 is 0. The maximum atomic E-state index is 5.00. The monoisotopic (exact) mass is 538 g/mol. The van der Waals surface area contributed by atoms with Crippen LogP contribution in [0.3, 0.4) is 0 Å². The highest BCUT2D eigenvalue weighted by Crippen LogP contribution is 2.35. The molecular formula is C38H26N4. The number of hydrogen-bond acceptors (Lipinski definition) is 4. The van der Waals surface area contributed by atoms with Crippen LogP contribution in [0.25, 0.3) is 72.9 Å². The molecule has 1 N–H and O–H groups in total. The maximum Gasteiger partial charge on any atom is 0.164 e. The molecule has 0 amide bonds. The summed E-state index contributed by atoms with van der Waals surface area (Å²) in [6.07, 6.45) is 4.33. The topological polar surface area (TPSA) is 50.7 Å². The summed E-state index contributed by atoms with van der Waals surface area (Å²) in [7, 11) is 0. The second kappa shape index (κ2) is 10.1. The van der Waals surface area contributed by atoms with Gasteiger partial charge in [0.2, 0.25) is 0 Å². The van der Waals surface area contributed by atoms with E-state index in [1.807, 2.05) is 0 Å². The number of nitrogens with one attached hydrogen (secondary N) is 1. The SMILES string of the molecule is C1=Cc2cccc(-c3ccc(-c4nc(-c5ccc6ccccc6c5)nc(-c5ccc6ccccc6c5)n4)cc3)c2NC1. The Kier molecular flexibility index (Phi) is 5.82. The molecule has 0 spiro atoms. The first-order chi connectivity index (χ1) is 20.8. The van der Waals surface area contributed by atoms with Gasteiger partial charge < -0.3 is 5.32 Å². The van der Waals surface area contributed by atoms with Gasteiger partial charge in [0.25, 0.3) is 0 Å². The van der Waals surface area contributed by atoms with Crippen LogP contribution in [0.1, 0.15) is 5.56 Å². The Morgan fingerprint density at radius 2 is 0.976 bits per heavy atom. The maximum absolute atomic E-state index is 5.00. The predicted molar refractivity (Wildman–Crippen MR) is 174 cm³/mol. The number of benzene rings is 6. The molecule has 4 heteroatoms. The van der Waals surface area contributed by atoms with Crippen LogP contribution in [0.2, 0.25) is 0 Å². The molecule has 6 aromatic carbocycles. The molecule has 0 unspecified atom stereocenters. The van der Waals surface area contributed by atoms with Gasteiger partial charge in [0.1, 0.15) is 0 Å². The first-order valence-electron chi connectivity index (χ1n) is 14.2. The van der Waals surface area contributed by atoms with E-state index in [0.29, 0.717) is 17.5 Å². The quantitative estimate of drug-likeness (QED) is 0.243. The highest BCUT2D eigenvalue weighted by Gasteiger charge is 2.15. The Balaban J connectivity index is 1.25. The molecule has 198 valence electrons. The van der Waals surface area contributed by atoms with E-state index in [9.17, 15) is 0 Å². The molecule has 2 heterocycles. The van der Waals surface area contributed by atoms with E-state index in [1.165, 1.54) is 27.6 Å². The molecule has 1 aliphatic rings. The number of anilines is 1. The summed E-state index contributed by atoms with van der Waals surface area (Å²) >= 11 is 0. The standard InChI is InChI=1S/C38H26N4/c1-3-9-30-23-32(20-14-25(30)7-1)37-40-36(41-38(42-37)33-21-15-26-8-2-4-10-31(26)24-33)29-18-16-27(17-19-29)34-13-5-11-28-12-6-22-39-35(28)34/h1-21,23-24,39H,22H2. The van der Waals surface area contributed by atoms with Crippen LogP contribution in [0.15, 0.2) is 133 Å². The number of fused-ring (bicyclic) bond motifs is 3. The van der Waals surface area contributed by atoms with Crippen molar-refractivity contribution in [2.24, 2.45) is 0 Å². The van der Waals surface area contributed by atoms with E-state index in [1.54, 1.807) is 0 Å². The lowest BCUT2D eigenvalue weighted by Gasteiger charge is -2.17. The molecule has 0 bridgehead atoms. The zero-order valence-electron chi connectivity index (χ0n) is 22.8. The number of para-hydroxylation sites is 1. The molecule has 4 nitrogen and oxygen atoms in total. The third-order valence-corrected chi connectivity index (χ3v) is 7.90. The van der Waals surface area contributed by atoms with Crippen LogP contribution in [-0.4, -0.2) is 21.5 Å². The van der Waals surface area contributed by atoms with Crippen molar-refractivity contribution in [1.82, 2.24) is 15.0 Å². The third kappa shape index (κ3) is 4.40. The lowest BCUT2D eigenvalue weighted by molar-refractivity contribution is 1.08. The molecule has 1 aliphatic heterocycles. The summed E-state index contributed by atoms with van der Waals surface area (Å²) in [6, 6.07) is 44.4. The van der Waals surface area contributed by atoms with Crippen LogP contribution in [0, 0.1) is 0 Å². The van der Waals surface area contributed by atoms with Gasteiger partial charge in [0.15, 0.2) is 17.5 Å². The van der Waals surface area contributed by atoms with E-state index in [2.05, 4.69) is 145 Å². The molecule has 0 radical (unpaired) electrons. The highest BCUT2D eigenvalue weighted by molar-refractivity contribution is 5.89. The van der Waals surface area contributed by atoms with E-state index in [4.69, 9.17) is 15.0 Å². The Bertz CT molecular complexity index is 2050. The molecule has 42 heavy (non-hydrogen) atoms. The Hall–Kier alpha value is -5.61. The number of rotatable bonds is 4. The minimum Gasteiger partial charge on any atom is -0.381 e. The first-order valence-corrected chi connectivity index (χ1v) is 14.2. The minimum absolute atomic E-state index is 0.652. The average molecular weight is 539 g/mol. The molecule has 0 atom stereocenters. The van der Waals surface area contributed by atoms with Crippen molar-refractivity contribution >= 4 is 33.3 Å². The van der Waals surface area contributed by atoms with Crippen molar-refractivity contribution in [2.45, 2.75) is 0 Å². The molecule has 0 saturated heterocycles. The van der Waals surface area contributed by atoms with Gasteiger partial charge >= 0.3 is 0 Å². The third-order valence-electron chi connectivity index (χ3n) is 7.90. The Morgan fingerprint density at radius 3 is 1.60 bits per heavy atom. The lowest BCUT2D eigenvalue weighted by atomic mass is 9.97. The molecular weight excluding hydrogens is 512 g/mol. The van der Waals surface area contributed by atoms with E-state index in [0.717, 1.165) is 39.6 Å². The van der Waals surface area contributed by atoms with Gasteiger partial charge in [-0.2, -0.15) is 0 Å². The summed E-state index contributed by atoms with van der Waals surface area (Å²) in [4.78, 5) is 15.0. The molecule has 7 aromatic rings. The highest BCUT2D eigenvalue weighted by atomic mass is 15.0. The van der Waals surface area contributed by atoms with Gasteiger partial charge in [-0.15, -0.1) is 0 Å². The van der Waals surface area contributed by atoms with E-state index >= 15 is 0 Å². The smallest absolute Gasteiger partial charge is 0.164 e. The summed E-state index contributed by atoms with van der Waals surface area (Å²) in [6.45, 7) is 0.835. The van der Waals surface area contributed by atoms with E-state index < -0.39 is 0 Å². The zero-order chi connectivity index (χ0) is 27.9. The van der Waals surface area contributed by atoms with Crippen LogP contribution < -0.4 is 5.32 Å².